The molecule has 1 aromatic heterocycles. The minimum atomic E-state index is -0.422. The summed E-state index contributed by atoms with van der Waals surface area (Å²) in [5, 5.41) is 8.73. The molecule has 2 aromatic rings. The molecule has 1 N–H and O–H groups in total. The van der Waals surface area contributed by atoms with Crippen LogP contribution in [-0.2, 0) is 9.53 Å². The maximum absolute atomic E-state index is 13.1. The number of allylic oxidation sites excluding steroid dienone is 1. The number of benzene rings is 1. The highest BCUT2D eigenvalue weighted by molar-refractivity contribution is 7.99. The van der Waals surface area contributed by atoms with Gasteiger partial charge >= 0.3 is 5.97 Å². The molecular formula is C26H38N4O3S. The van der Waals surface area contributed by atoms with Crippen molar-refractivity contribution >= 4 is 23.7 Å². The summed E-state index contributed by atoms with van der Waals surface area (Å²) in [7, 11) is 0. The van der Waals surface area contributed by atoms with E-state index in [1.165, 1.54) is 19.3 Å². The van der Waals surface area contributed by atoms with Gasteiger partial charge in [-0.15, -0.1) is 5.10 Å². The molecule has 0 radical (unpaired) electrons. The fourth-order valence-corrected chi connectivity index (χ4v) is 4.73. The summed E-state index contributed by atoms with van der Waals surface area (Å²) in [5.74, 6) is 2.08. The second-order valence-electron chi connectivity index (χ2n) is 8.86. The molecule has 186 valence electrons. The lowest BCUT2D eigenvalue weighted by molar-refractivity contribution is -0.143. The zero-order chi connectivity index (χ0) is 24.5. The average molecular weight is 487 g/mol. The lowest BCUT2D eigenvalue weighted by atomic mass is 9.95. The first-order valence-electron chi connectivity index (χ1n) is 12.4. The molecule has 34 heavy (non-hydrogen) atoms. The molecule has 1 aromatic carbocycles. The van der Waals surface area contributed by atoms with E-state index in [2.05, 4.69) is 24.1 Å². The molecular weight excluding hydrogens is 448 g/mol. The van der Waals surface area contributed by atoms with E-state index in [-0.39, 0.29) is 12.1 Å². The molecule has 0 bridgehead atoms. The van der Waals surface area contributed by atoms with Crippen molar-refractivity contribution in [2.75, 3.05) is 17.7 Å². The lowest BCUT2D eigenvalue weighted by Crippen LogP contribution is -2.30. The average Bonchev–Trinajstić information content (AvgIpc) is 3.20. The summed E-state index contributed by atoms with van der Waals surface area (Å²) >= 11 is 1.64. The molecule has 3 rings (SSSR count). The van der Waals surface area contributed by atoms with Gasteiger partial charge in [0.15, 0.2) is 0 Å². The molecule has 7 nitrogen and oxygen atoms in total. The van der Waals surface area contributed by atoms with Gasteiger partial charge in [-0.3, -0.25) is 0 Å². The number of hydrogen-bond acceptors (Lipinski definition) is 7. The summed E-state index contributed by atoms with van der Waals surface area (Å²) in [6.45, 7) is 10.7. The van der Waals surface area contributed by atoms with E-state index < -0.39 is 6.04 Å². The number of esters is 1. The number of unbranched alkanes of at least 4 members (excludes halogenated alkanes) is 4. The molecule has 1 aliphatic rings. The Morgan fingerprint density at radius 3 is 2.53 bits per heavy atom. The Morgan fingerprint density at radius 2 is 1.85 bits per heavy atom. The van der Waals surface area contributed by atoms with Crippen LogP contribution in [0.15, 0.2) is 40.7 Å². The second-order valence-corrected chi connectivity index (χ2v) is 9.93. The van der Waals surface area contributed by atoms with Gasteiger partial charge in [-0.05, 0) is 51.3 Å². The summed E-state index contributed by atoms with van der Waals surface area (Å²) in [4.78, 5) is 17.8. The number of carbonyl (C=O) groups is 1. The van der Waals surface area contributed by atoms with Gasteiger partial charge in [0.1, 0.15) is 11.8 Å². The Hall–Kier alpha value is -2.48. The van der Waals surface area contributed by atoms with Crippen molar-refractivity contribution in [3.8, 4) is 5.75 Å². The smallest absolute Gasteiger partial charge is 0.338 e. The van der Waals surface area contributed by atoms with Crippen LogP contribution in [0, 0.1) is 0 Å². The summed E-state index contributed by atoms with van der Waals surface area (Å²) in [5.41, 5.74) is 2.22. The van der Waals surface area contributed by atoms with Gasteiger partial charge < -0.3 is 14.8 Å². The van der Waals surface area contributed by atoms with Crippen LogP contribution in [0.25, 0.3) is 0 Å². The number of nitrogens with zero attached hydrogens (tertiary/aromatic N) is 3. The standard InChI is InChI=1S/C26H38N4O3S/c1-6-8-10-11-16-32-21-14-12-20(13-15-21)23-22(24(31)33-18(3)4)19(5)27-25-28-26(29-30(23)25)34-17-9-7-2/h12-15,18,23H,6-11,16-17H2,1-5H3,(H,27,28,29). The molecule has 1 aliphatic heterocycles. The van der Waals surface area contributed by atoms with E-state index in [1.807, 2.05) is 45.0 Å². The molecule has 1 unspecified atom stereocenters. The minimum Gasteiger partial charge on any atom is -0.494 e. The number of fused-ring (bicyclic) bond motifs is 1. The SMILES string of the molecule is CCCCCCOc1ccc(C2C(C(=O)OC(C)C)=C(C)Nc3nc(SCCCC)nn32)cc1. The molecule has 0 aliphatic carbocycles. The highest BCUT2D eigenvalue weighted by Crippen LogP contribution is 2.37. The van der Waals surface area contributed by atoms with Crippen LogP contribution in [0.3, 0.4) is 0 Å². The van der Waals surface area contributed by atoms with Crippen molar-refractivity contribution in [2.24, 2.45) is 0 Å². The zero-order valence-electron chi connectivity index (χ0n) is 21.1. The number of aromatic nitrogens is 3. The van der Waals surface area contributed by atoms with E-state index in [0.29, 0.717) is 23.3 Å². The van der Waals surface area contributed by atoms with Crippen molar-refractivity contribution in [3.05, 3.63) is 41.1 Å². The van der Waals surface area contributed by atoms with Crippen molar-refractivity contribution in [1.29, 1.82) is 0 Å². The van der Waals surface area contributed by atoms with Gasteiger partial charge in [-0.2, -0.15) is 4.98 Å². The Bertz CT molecular complexity index is 969. The number of nitrogens with one attached hydrogen (secondary N) is 1. The molecule has 0 amide bonds. The van der Waals surface area contributed by atoms with Crippen LogP contribution in [0.2, 0.25) is 0 Å². The van der Waals surface area contributed by atoms with Crippen molar-refractivity contribution in [3.63, 3.8) is 0 Å². The van der Waals surface area contributed by atoms with Crippen LogP contribution in [0.1, 0.15) is 84.7 Å². The quantitative estimate of drug-likeness (QED) is 0.200. The lowest BCUT2D eigenvalue weighted by Gasteiger charge is -2.28. The summed E-state index contributed by atoms with van der Waals surface area (Å²) < 4.78 is 13.3. The van der Waals surface area contributed by atoms with Gasteiger partial charge in [-0.25, -0.2) is 9.48 Å². The van der Waals surface area contributed by atoms with E-state index in [0.717, 1.165) is 42.0 Å². The molecule has 8 heteroatoms. The number of carbonyl (C=O) groups excluding carboxylic acids is 1. The number of hydrogen-bond donors (Lipinski definition) is 1. The van der Waals surface area contributed by atoms with E-state index >= 15 is 0 Å². The number of anilines is 1. The molecule has 0 spiro atoms. The minimum absolute atomic E-state index is 0.214. The largest absolute Gasteiger partial charge is 0.494 e. The van der Waals surface area contributed by atoms with Crippen molar-refractivity contribution in [2.45, 2.75) is 90.4 Å². The van der Waals surface area contributed by atoms with Gasteiger partial charge in [-0.1, -0.05) is 63.4 Å². The number of ether oxygens (including phenoxy) is 2. The van der Waals surface area contributed by atoms with E-state index in [1.54, 1.807) is 16.4 Å². The Labute approximate surface area is 207 Å². The first-order chi connectivity index (χ1) is 16.4. The number of rotatable bonds is 13. The third kappa shape index (κ3) is 6.78. The Balaban J connectivity index is 1.87. The van der Waals surface area contributed by atoms with Crippen LogP contribution in [0.5, 0.6) is 5.75 Å². The van der Waals surface area contributed by atoms with Gasteiger partial charge in [0.25, 0.3) is 0 Å². The predicted molar refractivity (Wildman–Crippen MR) is 137 cm³/mol. The van der Waals surface area contributed by atoms with Crippen molar-refractivity contribution < 1.29 is 14.3 Å². The van der Waals surface area contributed by atoms with Crippen LogP contribution >= 0.6 is 11.8 Å². The topological polar surface area (TPSA) is 78.3 Å². The third-order valence-electron chi connectivity index (χ3n) is 5.59. The molecule has 2 heterocycles. The molecule has 0 saturated heterocycles. The van der Waals surface area contributed by atoms with Gasteiger partial charge in [0, 0.05) is 11.4 Å². The van der Waals surface area contributed by atoms with E-state index in [4.69, 9.17) is 14.6 Å². The third-order valence-corrected chi connectivity index (χ3v) is 6.51. The maximum Gasteiger partial charge on any atom is 0.338 e. The normalized spacial score (nSPS) is 15.3. The summed E-state index contributed by atoms with van der Waals surface area (Å²) in [6, 6.07) is 7.51. The second kappa shape index (κ2) is 12.8. The number of thioether (sulfide) groups is 1. The van der Waals surface area contributed by atoms with Crippen molar-refractivity contribution in [1.82, 2.24) is 14.8 Å². The maximum atomic E-state index is 13.1. The predicted octanol–water partition coefficient (Wildman–Crippen LogP) is 6.37. The highest BCUT2D eigenvalue weighted by atomic mass is 32.2. The van der Waals surface area contributed by atoms with Gasteiger partial charge in [0.05, 0.1) is 18.3 Å². The highest BCUT2D eigenvalue weighted by Gasteiger charge is 2.35. The Morgan fingerprint density at radius 1 is 1.12 bits per heavy atom. The molecule has 1 atom stereocenters. The monoisotopic (exact) mass is 486 g/mol. The van der Waals surface area contributed by atoms with Crippen LogP contribution in [0.4, 0.5) is 5.95 Å². The molecule has 0 saturated carbocycles. The fraction of sp³-hybridized carbons (Fsp3) is 0.577. The first-order valence-corrected chi connectivity index (χ1v) is 13.4. The first kappa shape index (κ1) is 26.1. The molecule has 0 fully saturated rings. The summed E-state index contributed by atoms with van der Waals surface area (Å²) in [6.07, 6.45) is 6.70. The zero-order valence-corrected chi connectivity index (χ0v) is 21.9. The fourth-order valence-electron chi connectivity index (χ4n) is 3.82. The van der Waals surface area contributed by atoms with Gasteiger partial charge in [0.2, 0.25) is 11.1 Å². The van der Waals surface area contributed by atoms with Crippen LogP contribution < -0.4 is 10.1 Å². The Kier molecular flexibility index (Phi) is 9.86. The van der Waals surface area contributed by atoms with E-state index in [9.17, 15) is 4.79 Å². The van der Waals surface area contributed by atoms with Crippen LogP contribution in [-0.4, -0.2) is 39.2 Å².